The number of halogens is 3. The molecule has 0 radical (unpaired) electrons. The molecule has 1 N–H and O–H groups in total. The predicted molar refractivity (Wildman–Crippen MR) is 70.7 cm³/mol. The number of nitro groups is 1. The van der Waals surface area contributed by atoms with Crippen molar-refractivity contribution in [2.75, 3.05) is 0 Å². The van der Waals surface area contributed by atoms with Crippen molar-refractivity contribution in [3.63, 3.8) is 0 Å². The zero-order valence-electron chi connectivity index (χ0n) is 9.39. The van der Waals surface area contributed by atoms with Gasteiger partial charge >= 0.3 is 5.69 Å². The van der Waals surface area contributed by atoms with Crippen LogP contribution in [0.2, 0.25) is 0 Å². The number of ether oxygens (including phenoxy) is 1. The molecule has 0 aliphatic rings. The third kappa shape index (κ3) is 2.74. The Labute approximate surface area is 122 Å². The number of hydrogen-bond acceptors (Lipinski definition) is 5. The van der Waals surface area contributed by atoms with E-state index in [4.69, 9.17) is 4.74 Å². The molecular formula is C10H4F2IN3O4. The standard InChI is InChI=1S/C10H4F2IN3O4/c11-4-2-7(5(12)1-6(4)16(18)19)20-10-8(13)9(17)14-3-15-10/h1-3H,(H,14,15,17). The molecular weight excluding hydrogens is 391 g/mol. The third-order valence-electron chi connectivity index (χ3n) is 2.17. The van der Waals surface area contributed by atoms with E-state index in [0.29, 0.717) is 12.1 Å². The molecule has 10 heteroatoms. The highest BCUT2D eigenvalue weighted by Crippen LogP contribution is 2.30. The lowest BCUT2D eigenvalue weighted by Gasteiger charge is -2.06. The van der Waals surface area contributed by atoms with E-state index in [1.165, 1.54) is 0 Å². The molecule has 1 aromatic carbocycles. The van der Waals surface area contributed by atoms with Crippen LogP contribution in [0.1, 0.15) is 0 Å². The van der Waals surface area contributed by atoms with Gasteiger partial charge < -0.3 is 9.72 Å². The van der Waals surface area contributed by atoms with Crippen LogP contribution in [0.5, 0.6) is 11.6 Å². The highest BCUT2D eigenvalue weighted by molar-refractivity contribution is 14.1. The van der Waals surface area contributed by atoms with Gasteiger partial charge in [-0.2, -0.15) is 4.39 Å². The molecule has 0 unspecified atom stereocenters. The lowest BCUT2D eigenvalue weighted by atomic mass is 10.3. The molecule has 104 valence electrons. The van der Waals surface area contributed by atoms with Gasteiger partial charge in [0, 0.05) is 6.07 Å². The summed E-state index contributed by atoms with van der Waals surface area (Å²) < 4.78 is 32.0. The van der Waals surface area contributed by atoms with Crippen molar-refractivity contribution in [1.82, 2.24) is 9.97 Å². The van der Waals surface area contributed by atoms with Crippen molar-refractivity contribution < 1.29 is 18.4 Å². The van der Waals surface area contributed by atoms with Crippen molar-refractivity contribution in [2.24, 2.45) is 0 Å². The van der Waals surface area contributed by atoms with Crippen molar-refractivity contribution >= 4 is 28.3 Å². The van der Waals surface area contributed by atoms with E-state index in [-0.39, 0.29) is 9.45 Å². The summed E-state index contributed by atoms with van der Waals surface area (Å²) in [6.45, 7) is 0. The summed E-state index contributed by atoms with van der Waals surface area (Å²) in [5.74, 6) is -3.24. The second kappa shape index (κ2) is 5.48. The molecule has 0 atom stereocenters. The summed E-state index contributed by atoms with van der Waals surface area (Å²) in [6, 6.07) is 0.914. The number of rotatable bonds is 3. The molecule has 2 rings (SSSR count). The van der Waals surface area contributed by atoms with E-state index in [2.05, 4.69) is 9.97 Å². The Morgan fingerprint density at radius 2 is 2.05 bits per heavy atom. The molecule has 1 heterocycles. The van der Waals surface area contributed by atoms with Crippen LogP contribution in [0.15, 0.2) is 23.3 Å². The molecule has 0 amide bonds. The van der Waals surface area contributed by atoms with Gasteiger partial charge in [-0.1, -0.05) is 0 Å². The molecule has 0 saturated carbocycles. The minimum absolute atomic E-state index is 0.0308. The van der Waals surface area contributed by atoms with Crippen LogP contribution >= 0.6 is 22.6 Å². The molecule has 0 bridgehead atoms. The van der Waals surface area contributed by atoms with Gasteiger partial charge in [0.25, 0.3) is 5.56 Å². The normalized spacial score (nSPS) is 10.3. The van der Waals surface area contributed by atoms with Gasteiger partial charge in [-0.15, -0.1) is 0 Å². The fraction of sp³-hybridized carbons (Fsp3) is 0. The van der Waals surface area contributed by atoms with Crippen LogP contribution in [0.4, 0.5) is 14.5 Å². The van der Waals surface area contributed by atoms with Crippen LogP contribution < -0.4 is 10.3 Å². The molecule has 20 heavy (non-hydrogen) atoms. The van der Waals surface area contributed by atoms with Crippen LogP contribution in [-0.4, -0.2) is 14.9 Å². The largest absolute Gasteiger partial charge is 0.434 e. The van der Waals surface area contributed by atoms with Gasteiger partial charge in [-0.3, -0.25) is 14.9 Å². The first-order chi connectivity index (χ1) is 9.40. The summed E-state index contributed by atoms with van der Waals surface area (Å²) in [5, 5.41) is 10.4. The van der Waals surface area contributed by atoms with Crippen molar-refractivity contribution in [3.8, 4) is 11.6 Å². The first-order valence-corrected chi connectivity index (χ1v) is 6.02. The van der Waals surface area contributed by atoms with Crippen LogP contribution in [0, 0.1) is 25.3 Å². The van der Waals surface area contributed by atoms with E-state index in [9.17, 15) is 23.7 Å². The number of nitrogens with zero attached hydrogens (tertiary/aromatic N) is 2. The van der Waals surface area contributed by atoms with Gasteiger partial charge in [0.15, 0.2) is 11.6 Å². The van der Waals surface area contributed by atoms with Crippen LogP contribution in [-0.2, 0) is 0 Å². The Morgan fingerprint density at radius 3 is 2.70 bits per heavy atom. The minimum atomic E-state index is -1.26. The average Bonchev–Trinajstić information content (AvgIpc) is 2.38. The maximum Gasteiger partial charge on any atom is 0.307 e. The maximum absolute atomic E-state index is 13.6. The molecule has 0 spiro atoms. The fourth-order valence-electron chi connectivity index (χ4n) is 1.28. The highest BCUT2D eigenvalue weighted by atomic mass is 127. The Kier molecular flexibility index (Phi) is 3.92. The second-order valence-corrected chi connectivity index (χ2v) is 4.52. The van der Waals surface area contributed by atoms with E-state index in [1.807, 2.05) is 0 Å². The SMILES string of the molecule is O=c1[nH]cnc(Oc2cc(F)c([N+](=O)[O-])cc2F)c1I. The van der Waals surface area contributed by atoms with Gasteiger partial charge in [0.1, 0.15) is 3.57 Å². The van der Waals surface area contributed by atoms with Gasteiger partial charge in [-0.05, 0) is 22.6 Å². The maximum atomic E-state index is 13.6. The topological polar surface area (TPSA) is 98.1 Å². The van der Waals surface area contributed by atoms with Gasteiger partial charge in [-0.25, -0.2) is 9.37 Å². The molecule has 7 nitrogen and oxygen atoms in total. The van der Waals surface area contributed by atoms with Gasteiger partial charge in [0.2, 0.25) is 11.7 Å². The Hall–Kier alpha value is -2.11. The first kappa shape index (κ1) is 14.3. The first-order valence-electron chi connectivity index (χ1n) is 4.94. The monoisotopic (exact) mass is 395 g/mol. The number of hydrogen-bond donors (Lipinski definition) is 1. The average molecular weight is 395 g/mol. The van der Waals surface area contributed by atoms with E-state index in [1.54, 1.807) is 22.6 Å². The van der Waals surface area contributed by atoms with Crippen LogP contribution in [0.3, 0.4) is 0 Å². The Balaban J connectivity index is 2.45. The molecule has 2 aromatic rings. The number of nitro benzene ring substituents is 1. The number of aromatic amines is 1. The van der Waals surface area contributed by atoms with Crippen LogP contribution in [0.25, 0.3) is 0 Å². The summed E-state index contributed by atoms with van der Waals surface area (Å²) in [7, 11) is 0. The lowest BCUT2D eigenvalue weighted by Crippen LogP contribution is -2.11. The lowest BCUT2D eigenvalue weighted by molar-refractivity contribution is -0.387. The number of nitrogens with one attached hydrogen (secondary N) is 1. The molecule has 1 aromatic heterocycles. The van der Waals surface area contributed by atoms with E-state index < -0.39 is 33.6 Å². The Morgan fingerprint density at radius 1 is 1.35 bits per heavy atom. The molecule has 0 aliphatic carbocycles. The minimum Gasteiger partial charge on any atom is -0.434 e. The van der Waals surface area contributed by atoms with Crippen molar-refractivity contribution in [1.29, 1.82) is 0 Å². The molecule has 0 saturated heterocycles. The predicted octanol–water partition coefficient (Wildman–Crippen LogP) is 2.35. The van der Waals surface area contributed by atoms with Gasteiger partial charge in [0.05, 0.1) is 17.3 Å². The highest BCUT2D eigenvalue weighted by Gasteiger charge is 2.20. The zero-order valence-corrected chi connectivity index (χ0v) is 11.6. The smallest absolute Gasteiger partial charge is 0.307 e. The third-order valence-corrected chi connectivity index (χ3v) is 3.12. The van der Waals surface area contributed by atoms with E-state index >= 15 is 0 Å². The quantitative estimate of drug-likeness (QED) is 0.489. The number of benzene rings is 1. The Bertz CT molecular complexity index is 750. The van der Waals surface area contributed by atoms with Crippen molar-refractivity contribution in [2.45, 2.75) is 0 Å². The summed E-state index contributed by atoms with van der Waals surface area (Å²) >= 11 is 1.61. The van der Waals surface area contributed by atoms with E-state index in [0.717, 1.165) is 6.33 Å². The fourth-order valence-corrected chi connectivity index (χ4v) is 1.68. The zero-order chi connectivity index (χ0) is 14.9. The summed E-state index contributed by atoms with van der Waals surface area (Å²) in [4.78, 5) is 26.6. The summed E-state index contributed by atoms with van der Waals surface area (Å²) in [6.07, 6.45) is 1.03. The van der Waals surface area contributed by atoms with Crippen molar-refractivity contribution in [3.05, 3.63) is 54.1 Å². The number of H-pyrrole nitrogens is 1. The summed E-state index contributed by atoms with van der Waals surface area (Å²) in [5.41, 5.74) is -1.53. The molecule has 0 aliphatic heterocycles. The second-order valence-electron chi connectivity index (χ2n) is 3.44. The molecule has 0 fully saturated rings. The number of aromatic nitrogens is 2.